The highest BCUT2D eigenvalue weighted by Crippen LogP contribution is 2.06. The molecule has 0 spiro atoms. The standard InChI is InChI=1S/C27H49N3O10/c1-36-23(31)9-7-6-8-14-28(15-10-24(32)37-2)19-21-30(18-13-27(35)40-5)22-20-29(16-11-25(33)38-3)17-12-26(34)39-4/h6-22H2,1-5H3. The van der Waals surface area contributed by atoms with E-state index in [1.807, 2.05) is 4.90 Å². The third-order valence-electron chi connectivity index (χ3n) is 6.49. The molecule has 13 heteroatoms. The lowest BCUT2D eigenvalue weighted by Crippen LogP contribution is -2.42. The summed E-state index contributed by atoms with van der Waals surface area (Å²) in [6.07, 6.45) is 3.68. The second kappa shape index (κ2) is 24.1. The van der Waals surface area contributed by atoms with Gasteiger partial charge in [0.25, 0.3) is 0 Å². The number of carbonyl (C=O) groups is 5. The summed E-state index contributed by atoms with van der Waals surface area (Å²) >= 11 is 0. The quantitative estimate of drug-likeness (QED) is 0.0914. The first-order valence-corrected chi connectivity index (χ1v) is 13.7. The molecule has 0 saturated heterocycles. The minimum absolute atomic E-state index is 0.192. The van der Waals surface area contributed by atoms with Crippen LogP contribution in [0.3, 0.4) is 0 Å². The number of unbranched alkanes of at least 4 members (excludes halogenated alkanes) is 2. The van der Waals surface area contributed by atoms with Crippen molar-refractivity contribution in [3.8, 4) is 0 Å². The topological polar surface area (TPSA) is 141 Å². The van der Waals surface area contributed by atoms with E-state index in [4.69, 9.17) is 18.9 Å². The summed E-state index contributed by atoms with van der Waals surface area (Å²) in [4.78, 5) is 64.6. The maximum atomic E-state index is 11.8. The second-order valence-corrected chi connectivity index (χ2v) is 9.22. The van der Waals surface area contributed by atoms with Crippen molar-refractivity contribution in [1.29, 1.82) is 0 Å². The van der Waals surface area contributed by atoms with Gasteiger partial charge in [0.05, 0.1) is 61.2 Å². The van der Waals surface area contributed by atoms with Gasteiger partial charge in [-0.05, 0) is 19.4 Å². The van der Waals surface area contributed by atoms with E-state index in [2.05, 4.69) is 14.5 Å². The number of hydrogen-bond acceptors (Lipinski definition) is 13. The highest BCUT2D eigenvalue weighted by molar-refractivity contribution is 5.70. The van der Waals surface area contributed by atoms with Crippen LogP contribution < -0.4 is 0 Å². The van der Waals surface area contributed by atoms with Crippen LogP contribution in [0, 0.1) is 0 Å². The van der Waals surface area contributed by atoms with Gasteiger partial charge in [0.2, 0.25) is 0 Å². The van der Waals surface area contributed by atoms with Crippen LogP contribution in [0.5, 0.6) is 0 Å². The van der Waals surface area contributed by atoms with Crippen LogP contribution in [-0.4, -0.2) is 139 Å². The van der Waals surface area contributed by atoms with Crippen LogP contribution in [0.1, 0.15) is 51.4 Å². The molecule has 0 aliphatic rings. The first-order valence-electron chi connectivity index (χ1n) is 13.7. The van der Waals surface area contributed by atoms with Crippen molar-refractivity contribution in [2.45, 2.75) is 51.4 Å². The van der Waals surface area contributed by atoms with E-state index in [1.54, 1.807) is 0 Å². The Balaban J connectivity index is 5.20. The Morgan fingerprint density at radius 2 is 0.625 bits per heavy atom. The molecule has 0 aromatic rings. The van der Waals surface area contributed by atoms with E-state index in [1.165, 1.54) is 35.5 Å². The molecular weight excluding hydrogens is 526 g/mol. The number of hydrogen-bond donors (Lipinski definition) is 0. The molecule has 0 unspecified atom stereocenters. The minimum Gasteiger partial charge on any atom is -0.469 e. The van der Waals surface area contributed by atoms with Crippen LogP contribution in [-0.2, 0) is 47.7 Å². The summed E-state index contributed by atoms with van der Waals surface area (Å²) in [6, 6.07) is 0. The monoisotopic (exact) mass is 575 g/mol. The van der Waals surface area contributed by atoms with Gasteiger partial charge in [-0.2, -0.15) is 0 Å². The van der Waals surface area contributed by atoms with E-state index in [0.717, 1.165) is 25.8 Å². The summed E-state index contributed by atoms with van der Waals surface area (Å²) in [5.74, 6) is -1.50. The Bertz CT molecular complexity index is 730. The predicted octanol–water partition coefficient (Wildman–Crippen LogP) is 0.878. The molecule has 0 aliphatic carbocycles. The summed E-state index contributed by atoms with van der Waals surface area (Å²) in [7, 11) is 6.75. The van der Waals surface area contributed by atoms with Gasteiger partial charge >= 0.3 is 29.8 Å². The molecule has 13 nitrogen and oxygen atoms in total. The lowest BCUT2D eigenvalue weighted by Gasteiger charge is -2.30. The number of rotatable bonds is 24. The molecule has 0 N–H and O–H groups in total. The van der Waals surface area contributed by atoms with E-state index in [0.29, 0.717) is 58.8 Å². The van der Waals surface area contributed by atoms with Gasteiger partial charge in [-0.25, -0.2) is 0 Å². The zero-order valence-corrected chi connectivity index (χ0v) is 24.9. The zero-order chi connectivity index (χ0) is 30.2. The van der Waals surface area contributed by atoms with Gasteiger partial charge < -0.3 is 38.4 Å². The van der Waals surface area contributed by atoms with Crippen molar-refractivity contribution in [3.05, 3.63) is 0 Å². The van der Waals surface area contributed by atoms with E-state index in [-0.39, 0.29) is 55.5 Å². The molecule has 0 fully saturated rings. The van der Waals surface area contributed by atoms with Gasteiger partial charge in [0.1, 0.15) is 0 Å². The normalized spacial score (nSPS) is 11.0. The third-order valence-corrected chi connectivity index (χ3v) is 6.49. The molecule has 0 amide bonds. The lowest BCUT2D eigenvalue weighted by molar-refractivity contribution is -0.142. The van der Waals surface area contributed by atoms with E-state index < -0.39 is 0 Å². The van der Waals surface area contributed by atoms with Crippen molar-refractivity contribution in [3.63, 3.8) is 0 Å². The van der Waals surface area contributed by atoms with Crippen molar-refractivity contribution < 1.29 is 47.7 Å². The molecule has 0 radical (unpaired) electrons. The Hall–Kier alpha value is -2.77. The number of methoxy groups -OCH3 is 5. The smallest absolute Gasteiger partial charge is 0.306 e. The molecule has 0 heterocycles. The summed E-state index contributed by atoms with van der Waals surface area (Å²) in [5.41, 5.74) is 0. The Morgan fingerprint density at radius 3 is 0.950 bits per heavy atom. The molecule has 0 bridgehead atoms. The maximum Gasteiger partial charge on any atom is 0.306 e. The molecule has 0 saturated carbocycles. The van der Waals surface area contributed by atoms with Gasteiger partial charge in [-0.3, -0.25) is 24.0 Å². The van der Waals surface area contributed by atoms with Crippen LogP contribution in [0.4, 0.5) is 0 Å². The van der Waals surface area contributed by atoms with Crippen LogP contribution in [0.25, 0.3) is 0 Å². The molecule has 0 atom stereocenters. The van der Waals surface area contributed by atoms with Crippen LogP contribution in [0.15, 0.2) is 0 Å². The maximum absolute atomic E-state index is 11.8. The average molecular weight is 576 g/mol. The third kappa shape index (κ3) is 20.2. The molecule has 0 rings (SSSR count). The number of nitrogens with zero attached hydrogens (tertiary/aromatic N) is 3. The summed E-state index contributed by atoms with van der Waals surface area (Å²) in [6.45, 7) is 5.01. The van der Waals surface area contributed by atoms with E-state index in [9.17, 15) is 24.0 Å². The fraction of sp³-hybridized carbons (Fsp3) is 0.815. The number of ether oxygens (including phenoxy) is 5. The van der Waals surface area contributed by atoms with Crippen molar-refractivity contribution in [2.75, 3.05) is 94.5 Å². The lowest BCUT2D eigenvalue weighted by atomic mass is 10.2. The largest absolute Gasteiger partial charge is 0.469 e. The Kier molecular flexibility index (Phi) is 22.4. The zero-order valence-electron chi connectivity index (χ0n) is 24.9. The molecule has 0 aliphatic heterocycles. The van der Waals surface area contributed by atoms with E-state index >= 15 is 0 Å². The van der Waals surface area contributed by atoms with Crippen LogP contribution >= 0.6 is 0 Å². The fourth-order valence-electron chi connectivity index (χ4n) is 3.86. The number of esters is 5. The summed E-state index contributed by atoms with van der Waals surface area (Å²) < 4.78 is 23.8. The fourth-order valence-corrected chi connectivity index (χ4v) is 3.86. The first kappa shape index (κ1) is 37.2. The highest BCUT2D eigenvalue weighted by atomic mass is 16.5. The second-order valence-electron chi connectivity index (χ2n) is 9.22. The van der Waals surface area contributed by atoms with Gasteiger partial charge in [0.15, 0.2) is 0 Å². The molecule has 40 heavy (non-hydrogen) atoms. The van der Waals surface area contributed by atoms with Crippen molar-refractivity contribution in [2.24, 2.45) is 0 Å². The first-order chi connectivity index (χ1) is 19.2. The minimum atomic E-state index is -0.335. The van der Waals surface area contributed by atoms with Gasteiger partial charge in [0, 0.05) is 58.8 Å². The SMILES string of the molecule is COC(=O)CCCCCN(CCC(=O)OC)CCN(CCC(=O)OC)CCN(CCC(=O)OC)CCC(=O)OC. The average Bonchev–Trinajstić information content (AvgIpc) is 2.97. The Labute approximate surface area is 238 Å². The predicted molar refractivity (Wildman–Crippen MR) is 146 cm³/mol. The van der Waals surface area contributed by atoms with Crippen LogP contribution in [0.2, 0.25) is 0 Å². The molecule has 0 aromatic heterocycles. The molecular formula is C27H49N3O10. The molecule has 0 aromatic carbocycles. The number of carbonyl (C=O) groups excluding carboxylic acids is 5. The van der Waals surface area contributed by atoms with Crippen molar-refractivity contribution in [1.82, 2.24) is 14.7 Å². The summed E-state index contributed by atoms with van der Waals surface area (Å²) in [5, 5.41) is 0. The van der Waals surface area contributed by atoms with Crippen molar-refractivity contribution >= 4 is 29.8 Å². The van der Waals surface area contributed by atoms with Gasteiger partial charge in [-0.1, -0.05) is 6.42 Å². The molecule has 232 valence electrons. The highest BCUT2D eigenvalue weighted by Gasteiger charge is 2.16. The van der Waals surface area contributed by atoms with Gasteiger partial charge in [-0.15, -0.1) is 0 Å². The Morgan fingerprint density at radius 1 is 0.350 bits per heavy atom.